The minimum absolute atomic E-state index is 0.0637. The van der Waals surface area contributed by atoms with Crippen LogP contribution in [0.15, 0.2) is 0 Å². The number of hydrogen-bond donors (Lipinski definition) is 0. The minimum atomic E-state index is -3.42. The van der Waals surface area contributed by atoms with Crippen LogP contribution in [0.25, 0.3) is 0 Å². The zero-order valence-corrected chi connectivity index (χ0v) is 12.6. The van der Waals surface area contributed by atoms with Crippen LogP contribution in [0.4, 0.5) is 0 Å². The molecule has 0 N–H and O–H groups in total. The maximum Gasteiger partial charge on any atom is 0.282 e. The summed E-state index contributed by atoms with van der Waals surface area (Å²) in [7, 11) is -1.75. The number of nitriles is 1. The van der Waals surface area contributed by atoms with Crippen molar-refractivity contribution in [2.24, 2.45) is 11.8 Å². The van der Waals surface area contributed by atoms with Crippen LogP contribution >= 0.6 is 0 Å². The Labute approximate surface area is 116 Å². The Balaban J connectivity index is 2.05. The molecule has 2 aliphatic carbocycles. The van der Waals surface area contributed by atoms with Gasteiger partial charge in [0, 0.05) is 32.6 Å². The molecule has 0 aromatic rings. The Bertz CT molecular complexity index is 449. The van der Waals surface area contributed by atoms with Gasteiger partial charge in [-0.2, -0.15) is 22.3 Å². The van der Waals surface area contributed by atoms with Crippen molar-refractivity contribution < 1.29 is 8.42 Å². The van der Waals surface area contributed by atoms with Crippen LogP contribution in [0, 0.1) is 23.2 Å². The van der Waals surface area contributed by atoms with Crippen LogP contribution in [0.1, 0.15) is 39.0 Å². The van der Waals surface area contributed by atoms with Crippen LogP contribution in [0.5, 0.6) is 0 Å². The lowest BCUT2D eigenvalue weighted by molar-refractivity contribution is 0.305. The zero-order chi connectivity index (χ0) is 14.0. The van der Waals surface area contributed by atoms with Crippen molar-refractivity contribution in [2.45, 2.75) is 45.1 Å². The first-order chi connectivity index (χ1) is 8.96. The van der Waals surface area contributed by atoms with E-state index >= 15 is 0 Å². The van der Waals surface area contributed by atoms with Crippen molar-refractivity contribution in [2.75, 3.05) is 20.1 Å². The van der Waals surface area contributed by atoms with Crippen LogP contribution in [0.3, 0.4) is 0 Å². The van der Waals surface area contributed by atoms with Crippen molar-refractivity contribution in [1.82, 2.24) is 8.61 Å². The third-order valence-electron chi connectivity index (χ3n) is 4.20. The van der Waals surface area contributed by atoms with E-state index in [9.17, 15) is 8.42 Å². The van der Waals surface area contributed by atoms with Gasteiger partial charge < -0.3 is 0 Å². The van der Waals surface area contributed by atoms with Gasteiger partial charge in [-0.15, -0.1) is 0 Å². The van der Waals surface area contributed by atoms with Gasteiger partial charge in [-0.05, 0) is 44.4 Å². The molecule has 1 atom stereocenters. The maximum absolute atomic E-state index is 12.6. The normalized spacial score (nSPS) is 21.6. The zero-order valence-electron chi connectivity index (χ0n) is 11.7. The average Bonchev–Trinajstić information content (AvgIpc) is 3.25. The van der Waals surface area contributed by atoms with E-state index in [1.165, 1.54) is 8.61 Å². The summed E-state index contributed by atoms with van der Waals surface area (Å²) in [6.45, 7) is 2.87. The molecule has 0 aromatic carbocycles. The van der Waals surface area contributed by atoms with E-state index in [0.29, 0.717) is 24.9 Å². The molecule has 2 fully saturated rings. The topological polar surface area (TPSA) is 64.4 Å². The predicted molar refractivity (Wildman–Crippen MR) is 73.4 cm³/mol. The highest BCUT2D eigenvalue weighted by Crippen LogP contribution is 2.36. The molecule has 1 unspecified atom stereocenters. The van der Waals surface area contributed by atoms with Crippen LogP contribution < -0.4 is 0 Å². The molecule has 0 aromatic heterocycles. The summed E-state index contributed by atoms with van der Waals surface area (Å²) in [6, 6.07) is 2.11. The van der Waals surface area contributed by atoms with Gasteiger partial charge in [-0.3, -0.25) is 0 Å². The van der Waals surface area contributed by atoms with Crippen molar-refractivity contribution in [3.8, 4) is 6.07 Å². The highest BCUT2D eigenvalue weighted by Gasteiger charge is 2.39. The van der Waals surface area contributed by atoms with Gasteiger partial charge in [0.05, 0.1) is 6.07 Å². The molecule has 0 bridgehead atoms. The first kappa shape index (κ1) is 14.8. The van der Waals surface area contributed by atoms with Gasteiger partial charge in [-0.1, -0.05) is 0 Å². The largest absolute Gasteiger partial charge is 0.282 e. The lowest BCUT2D eigenvalue weighted by Crippen LogP contribution is -2.47. The molecule has 2 rings (SSSR count). The van der Waals surface area contributed by atoms with Gasteiger partial charge in [0.1, 0.15) is 0 Å². The number of hydrogen-bond acceptors (Lipinski definition) is 3. The fourth-order valence-electron chi connectivity index (χ4n) is 2.33. The van der Waals surface area contributed by atoms with E-state index in [4.69, 9.17) is 5.26 Å². The fourth-order valence-corrected chi connectivity index (χ4v) is 4.01. The molecule has 0 radical (unpaired) electrons. The van der Waals surface area contributed by atoms with E-state index in [-0.39, 0.29) is 12.5 Å². The molecule has 5 nitrogen and oxygen atoms in total. The molecular weight excluding hydrogens is 262 g/mol. The van der Waals surface area contributed by atoms with Crippen LogP contribution in [0.2, 0.25) is 0 Å². The number of rotatable bonds is 8. The maximum atomic E-state index is 12.6. The van der Waals surface area contributed by atoms with Gasteiger partial charge in [0.15, 0.2) is 0 Å². The van der Waals surface area contributed by atoms with E-state index in [1.807, 2.05) is 13.0 Å². The molecular formula is C13H23N3O2S. The summed E-state index contributed by atoms with van der Waals surface area (Å²) in [5.41, 5.74) is 0. The molecule has 0 spiro atoms. The summed E-state index contributed by atoms with van der Waals surface area (Å²) in [5.74, 6) is 1.01. The third-order valence-corrected chi connectivity index (χ3v) is 6.24. The van der Waals surface area contributed by atoms with Crippen molar-refractivity contribution in [3.63, 3.8) is 0 Å². The van der Waals surface area contributed by atoms with E-state index in [2.05, 4.69) is 0 Å². The molecule has 2 saturated carbocycles. The molecule has 6 heteroatoms. The second-order valence-electron chi connectivity index (χ2n) is 5.81. The van der Waals surface area contributed by atoms with E-state index < -0.39 is 10.2 Å². The van der Waals surface area contributed by atoms with Gasteiger partial charge in [-0.25, -0.2) is 0 Å². The molecule has 0 amide bonds. The first-order valence-corrected chi connectivity index (χ1v) is 8.46. The molecule has 19 heavy (non-hydrogen) atoms. The van der Waals surface area contributed by atoms with Crippen molar-refractivity contribution in [3.05, 3.63) is 0 Å². The first-order valence-electron chi connectivity index (χ1n) is 7.07. The Hall–Kier alpha value is -0.640. The monoisotopic (exact) mass is 285 g/mol. The lowest BCUT2D eigenvalue weighted by Gasteiger charge is -2.31. The third kappa shape index (κ3) is 3.68. The van der Waals surface area contributed by atoms with Crippen LogP contribution in [-0.2, 0) is 10.2 Å². The Kier molecular flexibility index (Phi) is 4.49. The smallest absolute Gasteiger partial charge is 0.198 e. The average molecular weight is 285 g/mol. The minimum Gasteiger partial charge on any atom is -0.198 e. The Morgan fingerprint density at radius 1 is 1.32 bits per heavy atom. The summed E-state index contributed by atoms with van der Waals surface area (Å²) >= 11 is 0. The highest BCUT2D eigenvalue weighted by molar-refractivity contribution is 7.86. The highest BCUT2D eigenvalue weighted by atomic mass is 32.2. The molecule has 0 saturated heterocycles. The van der Waals surface area contributed by atoms with Gasteiger partial charge >= 0.3 is 0 Å². The molecule has 0 heterocycles. The summed E-state index contributed by atoms with van der Waals surface area (Å²) in [5, 5.41) is 8.69. The molecule has 2 aliphatic rings. The fraction of sp³-hybridized carbons (Fsp3) is 0.923. The van der Waals surface area contributed by atoms with Gasteiger partial charge in [0.2, 0.25) is 0 Å². The number of nitrogens with zero attached hydrogens (tertiary/aromatic N) is 3. The van der Waals surface area contributed by atoms with E-state index in [1.54, 1.807) is 7.05 Å². The van der Waals surface area contributed by atoms with Gasteiger partial charge in [0.25, 0.3) is 10.2 Å². The standard InChI is InChI=1S/C13H23N3O2S/c1-11(13-6-7-13)15(2)19(17,18)16(9-3-8-14)10-12-4-5-12/h11-13H,3-7,9-10H2,1-2H3. The summed E-state index contributed by atoms with van der Waals surface area (Å²) < 4.78 is 28.2. The van der Waals surface area contributed by atoms with E-state index in [0.717, 1.165) is 25.7 Å². The summed E-state index contributed by atoms with van der Waals surface area (Å²) in [4.78, 5) is 0. The van der Waals surface area contributed by atoms with Crippen molar-refractivity contribution >= 4 is 10.2 Å². The second-order valence-corrected chi connectivity index (χ2v) is 7.80. The molecule has 0 aliphatic heterocycles. The quantitative estimate of drug-likeness (QED) is 0.680. The Morgan fingerprint density at radius 2 is 1.95 bits per heavy atom. The predicted octanol–water partition coefficient (Wildman–Crippen LogP) is 1.59. The van der Waals surface area contributed by atoms with Crippen LogP contribution in [-0.4, -0.2) is 43.2 Å². The van der Waals surface area contributed by atoms with Crippen molar-refractivity contribution in [1.29, 1.82) is 5.26 Å². The SMILES string of the molecule is CC(C1CC1)N(C)S(=O)(=O)N(CCC#N)CC1CC1. The Morgan fingerprint density at radius 3 is 2.42 bits per heavy atom. The second kappa shape index (κ2) is 5.78. The summed E-state index contributed by atoms with van der Waals surface area (Å²) in [6.07, 6.45) is 4.74. The molecule has 108 valence electrons. The lowest BCUT2D eigenvalue weighted by atomic mass is 10.2.